The predicted molar refractivity (Wildman–Crippen MR) is 143 cm³/mol. The van der Waals surface area contributed by atoms with E-state index in [0.717, 1.165) is 37.9 Å². The van der Waals surface area contributed by atoms with Crippen molar-refractivity contribution < 1.29 is 4.79 Å². The third kappa shape index (κ3) is 4.83. The Hall–Kier alpha value is -2.85. The second kappa shape index (κ2) is 10.2. The van der Waals surface area contributed by atoms with Gasteiger partial charge in [0.1, 0.15) is 0 Å². The summed E-state index contributed by atoms with van der Waals surface area (Å²) >= 11 is 0. The van der Waals surface area contributed by atoms with Crippen molar-refractivity contribution in [3.05, 3.63) is 84.3 Å². The van der Waals surface area contributed by atoms with Gasteiger partial charge >= 0.3 is 0 Å². The van der Waals surface area contributed by atoms with Crippen LogP contribution < -0.4 is 5.32 Å². The van der Waals surface area contributed by atoms with Crippen LogP contribution in [0.2, 0.25) is 0 Å². The molecule has 1 fully saturated rings. The summed E-state index contributed by atoms with van der Waals surface area (Å²) in [6.07, 6.45) is 14.0. The Bertz CT molecular complexity index is 1150. The third-order valence-electron chi connectivity index (χ3n) is 7.88. The van der Waals surface area contributed by atoms with Gasteiger partial charge in [-0.15, -0.1) is 0 Å². The summed E-state index contributed by atoms with van der Waals surface area (Å²) in [4.78, 5) is 15.7. The number of piperidine rings is 1. The van der Waals surface area contributed by atoms with E-state index in [0.29, 0.717) is 12.0 Å². The summed E-state index contributed by atoms with van der Waals surface area (Å²) in [6, 6.07) is 7.10. The first-order valence-electron chi connectivity index (χ1n) is 12.5. The standard InChI is InChI=1S/C30H39N3O/c1-7-8-9-11-20(2)14-15-21(3)22(4)31-30(34)24-16-26-25-12-10-13-27-29(25)23(18-32(27)5)17-28(26)33(6)19-24/h7-13,18,21,24,26,28H,1,4,14-17,19H2,2-3,5-6H3,(H,31,34)/b9-8-,20-11+. The second-order valence-electron chi connectivity index (χ2n) is 10.3. The lowest BCUT2D eigenvalue weighted by atomic mass is 9.72. The maximum Gasteiger partial charge on any atom is 0.228 e. The molecule has 1 aliphatic carbocycles. The second-order valence-corrected chi connectivity index (χ2v) is 10.3. The number of carbonyl (C=O) groups excluding carboxylic acids is 1. The Morgan fingerprint density at radius 2 is 2.09 bits per heavy atom. The first-order valence-corrected chi connectivity index (χ1v) is 12.5. The number of rotatable bonds is 8. The minimum Gasteiger partial charge on any atom is -0.350 e. The van der Waals surface area contributed by atoms with Gasteiger partial charge in [-0.05, 0) is 62.8 Å². The lowest BCUT2D eigenvalue weighted by Gasteiger charge is -2.45. The maximum absolute atomic E-state index is 13.3. The van der Waals surface area contributed by atoms with Crippen LogP contribution in [-0.4, -0.2) is 35.0 Å². The van der Waals surface area contributed by atoms with Crippen LogP contribution in [0.25, 0.3) is 10.9 Å². The fourth-order valence-electron chi connectivity index (χ4n) is 5.79. The molecule has 180 valence electrons. The van der Waals surface area contributed by atoms with E-state index in [9.17, 15) is 4.79 Å². The molecule has 1 aromatic heterocycles. The molecular weight excluding hydrogens is 418 g/mol. The summed E-state index contributed by atoms with van der Waals surface area (Å²) in [5.74, 6) is 0.714. The molecule has 1 saturated heterocycles. The van der Waals surface area contributed by atoms with Gasteiger partial charge in [0.25, 0.3) is 0 Å². The molecule has 2 aliphatic rings. The lowest BCUT2D eigenvalue weighted by Crippen LogP contribution is -2.51. The number of aromatic nitrogens is 1. The number of hydrogen-bond acceptors (Lipinski definition) is 2. The molecule has 2 aromatic rings. The van der Waals surface area contributed by atoms with Crippen molar-refractivity contribution in [2.75, 3.05) is 13.6 Å². The average molecular weight is 458 g/mol. The first-order chi connectivity index (χ1) is 16.3. The van der Waals surface area contributed by atoms with E-state index in [-0.39, 0.29) is 17.7 Å². The minimum absolute atomic E-state index is 0.0265. The van der Waals surface area contributed by atoms with Crippen LogP contribution >= 0.6 is 0 Å². The molecule has 4 rings (SSSR count). The molecule has 1 aliphatic heterocycles. The Labute approximate surface area is 204 Å². The van der Waals surface area contributed by atoms with Crippen molar-refractivity contribution in [1.29, 1.82) is 0 Å². The lowest BCUT2D eigenvalue weighted by molar-refractivity contribution is -0.126. The number of hydrogen-bond donors (Lipinski definition) is 1. The van der Waals surface area contributed by atoms with Crippen molar-refractivity contribution in [1.82, 2.24) is 14.8 Å². The van der Waals surface area contributed by atoms with Crippen molar-refractivity contribution in [3.8, 4) is 0 Å². The molecule has 1 aromatic carbocycles. The van der Waals surface area contributed by atoms with Gasteiger partial charge < -0.3 is 14.8 Å². The molecule has 34 heavy (non-hydrogen) atoms. The van der Waals surface area contributed by atoms with Gasteiger partial charge in [0, 0.05) is 48.3 Å². The van der Waals surface area contributed by atoms with Gasteiger partial charge in [0.15, 0.2) is 0 Å². The van der Waals surface area contributed by atoms with Gasteiger partial charge in [0.2, 0.25) is 5.91 Å². The monoisotopic (exact) mass is 457 g/mol. The van der Waals surface area contributed by atoms with Crippen molar-refractivity contribution in [3.63, 3.8) is 0 Å². The predicted octanol–water partition coefficient (Wildman–Crippen LogP) is 5.87. The number of amides is 1. The summed E-state index contributed by atoms with van der Waals surface area (Å²) in [7, 11) is 4.31. The van der Waals surface area contributed by atoms with Gasteiger partial charge in [0.05, 0.1) is 5.92 Å². The number of carbonyl (C=O) groups is 1. The maximum atomic E-state index is 13.3. The van der Waals surface area contributed by atoms with Crippen LogP contribution in [0.1, 0.15) is 50.2 Å². The topological polar surface area (TPSA) is 37.3 Å². The van der Waals surface area contributed by atoms with Crippen molar-refractivity contribution in [2.24, 2.45) is 18.9 Å². The molecule has 4 unspecified atom stereocenters. The van der Waals surface area contributed by atoms with Gasteiger partial charge in [-0.25, -0.2) is 0 Å². The molecule has 0 radical (unpaired) electrons. The normalized spacial score (nSPS) is 23.6. The zero-order chi connectivity index (χ0) is 24.4. The number of nitrogens with zero attached hydrogens (tertiary/aromatic N) is 2. The van der Waals surface area contributed by atoms with Crippen LogP contribution in [0.4, 0.5) is 0 Å². The quantitative estimate of drug-likeness (QED) is 0.503. The van der Waals surface area contributed by atoms with E-state index in [4.69, 9.17) is 0 Å². The molecule has 0 saturated carbocycles. The SMILES string of the molecule is C=C/C=C\C=C(/C)CCC(C)C(=C)NC(=O)C1CC2c3cccc4c3c(cn4C)CC2N(C)C1. The minimum atomic E-state index is -0.0265. The van der Waals surface area contributed by atoms with E-state index >= 15 is 0 Å². The molecular formula is C30H39N3O. The molecule has 0 bridgehead atoms. The fourth-order valence-corrected chi connectivity index (χ4v) is 5.79. The number of fused-ring (bicyclic) bond motifs is 2. The zero-order valence-electron chi connectivity index (χ0n) is 21.2. The highest BCUT2D eigenvalue weighted by Gasteiger charge is 2.41. The zero-order valence-corrected chi connectivity index (χ0v) is 21.2. The number of likely N-dealkylation sites (tertiary alicyclic amines) is 1. The Morgan fingerprint density at radius 1 is 1.29 bits per heavy atom. The van der Waals surface area contributed by atoms with Gasteiger partial charge in [-0.1, -0.05) is 62.1 Å². The molecule has 2 heterocycles. The van der Waals surface area contributed by atoms with Crippen LogP contribution in [0, 0.1) is 11.8 Å². The molecule has 1 amide bonds. The number of allylic oxidation sites excluding steroid dienone is 6. The van der Waals surface area contributed by atoms with E-state index in [1.165, 1.54) is 27.6 Å². The van der Waals surface area contributed by atoms with Crippen LogP contribution in [0.15, 0.2) is 73.1 Å². The summed E-state index contributed by atoms with van der Waals surface area (Å²) in [5.41, 5.74) is 6.30. The van der Waals surface area contributed by atoms with E-state index in [2.05, 4.69) is 86.4 Å². The Kier molecular flexibility index (Phi) is 7.27. The van der Waals surface area contributed by atoms with Crippen LogP contribution in [-0.2, 0) is 18.3 Å². The summed E-state index contributed by atoms with van der Waals surface area (Å²) in [5, 5.41) is 4.59. The highest BCUT2D eigenvalue weighted by molar-refractivity contribution is 5.89. The van der Waals surface area contributed by atoms with Crippen molar-refractivity contribution >= 4 is 16.8 Å². The molecule has 1 N–H and O–H groups in total. The highest BCUT2D eigenvalue weighted by Crippen LogP contribution is 2.44. The first kappa shape index (κ1) is 24.3. The van der Waals surface area contributed by atoms with Crippen molar-refractivity contribution in [2.45, 2.75) is 51.5 Å². The van der Waals surface area contributed by atoms with Gasteiger partial charge in [-0.3, -0.25) is 4.79 Å². The number of aryl methyl sites for hydroxylation is 1. The van der Waals surface area contributed by atoms with Gasteiger partial charge in [-0.2, -0.15) is 0 Å². The average Bonchev–Trinajstić information content (AvgIpc) is 3.14. The van der Waals surface area contributed by atoms with Crippen LogP contribution in [0.3, 0.4) is 0 Å². The molecule has 4 nitrogen and oxygen atoms in total. The number of likely N-dealkylation sites (N-methyl/N-ethyl adjacent to an activating group) is 1. The number of benzene rings is 1. The Morgan fingerprint density at radius 3 is 2.85 bits per heavy atom. The summed E-state index contributed by atoms with van der Waals surface area (Å²) in [6.45, 7) is 13.0. The highest BCUT2D eigenvalue weighted by atomic mass is 16.1. The largest absolute Gasteiger partial charge is 0.350 e. The van der Waals surface area contributed by atoms with E-state index in [1.807, 2.05) is 12.2 Å². The number of nitrogens with one attached hydrogen (secondary N) is 1. The van der Waals surface area contributed by atoms with E-state index < -0.39 is 0 Å². The fraction of sp³-hybridized carbons (Fsp3) is 0.433. The summed E-state index contributed by atoms with van der Waals surface area (Å²) < 4.78 is 2.24. The van der Waals surface area contributed by atoms with Crippen LogP contribution in [0.5, 0.6) is 0 Å². The van der Waals surface area contributed by atoms with E-state index in [1.54, 1.807) is 6.08 Å². The smallest absolute Gasteiger partial charge is 0.228 e. The molecule has 4 heteroatoms. The Balaban J connectivity index is 1.41. The molecule has 4 atom stereocenters. The third-order valence-corrected chi connectivity index (χ3v) is 7.88. The molecule has 0 spiro atoms.